The molecule has 1 heterocycles. The molecule has 1 aromatic rings. The Bertz CT molecular complexity index is 342. The lowest BCUT2D eigenvalue weighted by atomic mass is 10.7. The van der Waals surface area contributed by atoms with Gasteiger partial charge in [-0.05, 0) is 4.92 Å². The van der Waals surface area contributed by atoms with E-state index >= 15 is 0 Å². The second-order valence-corrected chi connectivity index (χ2v) is 2.04. The van der Waals surface area contributed by atoms with E-state index in [-0.39, 0.29) is 5.82 Å². The highest BCUT2D eigenvalue weighted by Crippen LogP contribution is 2.12. The average Bonchev–Trinajstić information content (AvgIpc) is 2.30. The van der Waals surface area contributed by atoms with Crippen molar-refractivity contribution in [2.75, 3.05) is 0 Å². The fourth-order valence-electron chi connectivity index (χ4n) is 0.798. The third-order valence-corrected chi connectivity index (χ3v) is 1.30. The Morgan fingerprint density at radius 2 is 2.42 bits per heavy atom. The van der Waals surface area contributed by atoms with E-state index in [9.17, 15) is 14.9 Å². The lowest BCUT2D eigenvalue weighted by Gasteiger charge is -1.93. The maximum Gasteiger partial charge on any atom is 0.511 e. The van der Waals surface area contributed by atoms with Crippen molar-refractivity contribution < 1.29 is 14.8 Å². The van der Waals surface area contributed by atoms with Gasteiger partial charge in [-0.25, -0.2) is 4.98 Å². The minimum absolute atomic E-state index is 0.0780. The number of nitrogens with zero attached hydrogens (tertiary/aromatic N) is 3. The first-order valence-electron chi connectivity index (χ1n) is 2.96. The molecule has 0 atom stereocenters. The number of carboxylic acid groups (broad SMARTS) is 1. The van der Waals surface area contributed by atoms with Gasteiger partial charge in [0.1, 0.15) is 6.20 Å². The van der Waals surface area contributed by atoms with E-state index in [0.29, 0.717) is 4.57 Å². The molecule has 0 saturated carbocycles. The summed E-state index contributed by atoms with van der Waals surface area (Å²) in [5.41, 5.74) is 0. The molecular weight excluding hydrogens is 166 g/mol. The number of imidazole rings is 1. The number of hydrogen-bond acceptors (Lipinski definition) is 4. The highest BCUT2D eigenvalue weighted by molar-refractivity contribution is 5.71. The van der Waals surface area contributed by atoms with Gasteiger partial charge in [0.05, 0.1) is 0 Å². The van der Waals surface area contributed by atoms with Crippen molar-refractivity contribution >= 4 is 11.9 Å². The standard InChI is InChI=1S/C5H5N3O4/c1-3-6-2-4(8(11)12)7(3)5(9)10/h2H,1H3,(H,9,10). The molecular formula is C5H5N3O4. The fraction of sp³-hybridized carbons (Fsp3) is 0.200. The molecule has 0 aromatic carbocycles. The molecule has 7 nitrogen and oxygen atoms in total. The monoisotopic (exact) mass is 171 g/mol. The number of carbonyl (C=O) groups is 1. The minimum Gasteiger partial charge on any atom is -0.446 e. The van der Waals surface area contributed by atoms with Crippen LogP contribution in [-0.2, 0) is 0 Å². The molecule has 0 bridgehead atoms. The fourth-order valence-corrected chi connectivity index (χ4v) is 0.798. The average molecular weight is 171 g/mol. The van der Waals surface area contributed by atoms with Crippen LogP contribution < -0.4 is 0 Å². The second kappa shape index (κ2) is 2.61. The molecule has 12 heavy (non-hydrogen) atoms. The second-order valence-electron chi connectivity index (χ2n) is 2.04. The Morgan fingerprint density at radius 3 is 2.75 bits per heavy atom. The molecule has 0 aliphatic rings. The van der Waals surface area contributed by atoms with Gasteiger partial charge in [-0.1, -0.05) is 0 Å². The molecule has 1 aromatic heterocycles. The molecule has 0 aliphatic heterocycles. The molecule has 0 radical (unpaired) electrons. The molecule has 1 rings (SSSR count). The summed E-state index contributed by atoms with van der Waals surface area (Å²) in [5.74, 6) is -0.464. The van der Waals surface area contributed by atoms with E-state index in [2.05, 4.69) is 4.98 Å². The zero-order valence-corrected chi connectivity index (χ0v) is 6.09. The highest BCUT2D eigenvalue weighted by atomic mass is 16.6. The van der Waals surface area contributed by atoms with Gasteiger partial charge in [-0.2, -0.15) is 4.79 Å². The predicted octanol–water partition coefficient (Wildman–Crippen LogP) is 0.626. The van der Waals surface area contributed by atoms with Crippen molar-refractivity contribution in [1.29, 1.82) is 0 Å². The van der Waals surface area contributed by atoms with Gasteiger partial charge in [0, 0.05) is 6.92 Å². The summed E-state index contributed by atoms with van der Waals surface area (Å²) in [6.07, 6.45) is -0.500. The van der Waals surface area contributed by atoms with E-state index in [1.54, 1.807) is 0 Å². The van der Waals surface area contributed by atoms with Gasteiger partial charge in [0.2, 0.25) is 5.82 Å². The summed E-state index contributed by atoms with van der Waals surface area (Å²) in [6.45, 7) is 1.38. The SMILES string of the molecule is Cc1ncc([N+](=O)[O-])n1C(=O)O. The molecule has 1 N–H and O–H groups in total. The van der Waals surface area contributed by atoms with Crippen LogP contribution in [0.4, 0.5) is 10.6 Å². The van der Waals surface area contributed by atoms with Crippen LogP contribution in [0.1, 0.15) is 5.82 Å². The topological polar surface area (TPSA) is 98.3 Å². The Hall–Kier alpha value is -1.92. The summed E-state index contributed by atoms with van der Waals surface area (Å²) in [4.78, 5) is 23.3. The lowest BCUT2D eigenvalue weighted by Crippen LogP contribution is -2.12. The van der Waals surface area contributed by atoms with Crippen molar-refractivity contribution in [3.05, 3.63) is 22.1 Å². The van der Waals surface area contributed by atoms with Gasteiger partial charge >= 0.3 is 11.9 Å². The first kappa shape index (κ1) is 8.18. The van der Waals surface area contributed by atoms with Crippen LogP contribution in [0.25, 0.3) is 0 Å². The molecule has 0 fully saturated rings. The summed E-state index contributed by atoms with van der Waals surface area (Å²) >= 11 is 0. The third kappa shape index (κ3) is 1.11. The van der Waals surface area contributed by atoms with E-state index < -0.39 is 16.8 Å². The van der Waals surface area contributed by atoms with E-state index in [1.165, 1.54) is 6.92 Å². The predicted molar refractivity (Wildman–Crippen MR) is 37.0 cm³/mol. The highest BCUT2D eigenvalue weighted by Gasteiger charge is 2.23. The number of nitro groups is 1. The van der Waals surface area contributed by atoms with Crippen LogP contribution in [0, 0.1) is 17.0 Å². The van der Waals surface area contributed by atoms with Crippen LogP contribution in [0.2, 0.25) is 0 Å². The molecule has 0 amide bonds. The van der Waals surface area contributed by atoms with Crippen molar-refractivity contribution in [2.45, 2.75) is 6.92 Å². The molecule has 0 spiro atoms. The Kier molecular flexibility index (Phi) is 1.78. The zero-order valence-electron chi connectivity index (χ0n) is 6.09. The number of aryl methyl sites for hydroxylation is 1. The summed E-state index contributed by atoms with van der Waals surface area (Å²) < 4.78 is 0.514. The van der Waals surface area contributed by atoms with Crippen LogP contribution in [0.3, 0.4) is 0 Å². The molecule has 7 heteroatoms. The smallest absolute Gasteiger partial charge is 0.446 e. The molecule has 0 aliphatic carbocycles. The van der Waals surface area contributed by atoms with Gasteiger partial charge in [0.25, 0.3) is 0 Å². The van der Waals surface area contributed by atoms with Gasteiger partial charge in [-0.3, -0.25) is 0 Å². The van der Waals surface area contributed by atoms with Crippen molar-refractivity contribution in [3.63, 3.8) is 0 Å². The first-order valence-corrected chi connectivity index (χ1v) is 2.96. The molecule has 0 unspecified atom stereocenters. The van der Waals surface area contributed by atoms with Gasteiger partial charge < -0.3 is 15.2 Å². The lowest BCUT2D eigenvalue weighted by molar-refractivity contribution is -0.391. The Morgan fingerprint density at radius 1 is 1.83 bits per heavy atom. The summed E-state index contributed by atoms with van der Waals surface area (Å²) in [6, 6.07) is 0. The molecule has 64 valence electrons. The maximum atomic E-state index is 10.4. The minimum atomic E-state index is -1.41. The van der Waals surface area contributed by atoms with Crippen molar-refractivity contribution in [2.24, 2.45) is 0 Å². The van der Waals surface area contributed by atoms with Gasteiger partial charge in [-0.15, -0.1) is 4.57 Å². The van der Waals surface area contributed by atoms with Crippen LogP contribution in [0.15, 0.2) is 6.20 Å². The summed E-state index contributed by atoms with van der Waals surface area (Å²) in [7, 11) is 0. The maximum absolute atomic E-state index is 10.4. The summed E-state index contributed by atoms with van der Waals surface area (Å²) in [5, 5.41) is 18.7. The van der Waals surface area contributed by atoms with Crippen molar-refractivity contribution in [1.82, 2.24) is 9.55 Å². The third-order valence-electron chi connectivity index (χ3n) is 1.30. The molecule has 0 saturated heterocycles. The Labute approximate surface area is 66.4 Å². The van der Waals surface area contributed by atoms with E-state index in [1.807, 2.05) is 0 Å². The van der Waals surface area contributed by atoms with Gasteiger partial charge in [0.15, 0.2) is 0 Å². The van der Waals surface area contributed by atoms with Crippen LogP contribution in [-0.4, -0.2) is 25.7 Å². The Balaban J connectivity index is 3.31. The van der Waals surface area contributed by atoms with Crippen molar-refractivity contribution in [3.8, 4) is 0 Å². The van der Waals surface area contributed by atoms with Crippen LogP contribution >= 0.6 is 0 Å². The van der Waals surface area contributed by atoms with E-state index in [0.717, 1.165) is 6.20 Å². The van der Waals surface area contributed by atoms with E-state index in [4.69, 9.17) is 5.11 Å². The number of aromatic nitrogens is 2. The van der Waals surface area contributed by atoms with Crippen LogP contribution in [0.5, 0.6) is 0 Å². The number of rotatable bonds is 1. The normalized spacial score (nSPS) is 9.75. The quantitative estimate of drug-likeness (QED) is 0.493. The number of hydrogen-bond donors (Lipinski definition) is 1. The zero-order chi connectivity index (χ0) is 9.30. The first-order chi connectivity index (χ1) is 5.54. The largest absolute Gasteiger partial charge is 0.511 e.